The van der Waals surface area contributed by atoms with Crippen molar-refractivity contribution >= 4 is 28.9 Å². The molecule has 1 amide bonds. The standard InChI is InChI=1S/C17H16N2O3S/c1-12(22-16(20)6-5-13-7-8-23-11-13)17(21)19-15-4-2-3-14(9-15)10-18/h2-4,7-9,11-12H,5-6H2,1H3,(H,19,21)/t12-/m1/s1. The summed E-state index contributed by atoms with van der Waals surface area (Å²) in [4.78, 5) is 23.8. The van der Waals surface area contributed by atoms with E-state index in [-0.39, 0.29) is 6.42 Å². The van der Waals surface area contributed by atoms with Gasteiger partial charge in [-0.25, -0.2) is 0 Å². The highest BCUT2D eigenvalue weighted by Gasteiger charge is 2.18. The second-order valence-corrected chi connectivity index (χ2v) is 5.73. The number of nitriles is 1. The molecule has 1 aromatic heterocycles. The molecule has 5 nitrogen and oxygen atoms in total. The van der Waals surface area contributed by atoms with Gasteiger partial charge in [-0.2, -0.15) is 16.6 Å². The summed E-state index contributed by atoms with van der Waals surface area (Å²) in [6.45, 7) is 1.52. The summed E-state index contributed by atoms with van der Waals surface area (Å²) in [5, 5.41) is 15.4. The number of nitrogens with one attached hydrogen (secondary N) is 1. The number of nitrogens with zero attached hydrogens (tertiary/aromatic N) is 1. The highest BCUT2D eigenvalue weighted by atomic mass is 32.1. The molecular weight excluding hydrogens is 312 g/mol. The molecule has 0 saturated heterocycles. The fourth-order valence-electron chi connectivity index (χ4n) is 1.90. The number of amides is 1. The number of carbonyl (C=O) groups excluding carboxylic acids is 2. The summed E-state index contributed by atoms with van der Waals surface area (Å²) in [6.07, 6.45) is -0.0604. The monoisotopic (exact) mass is 328 g/mol. The Kier molecular flexibility index (Phi) is 5.89. The van der Waals surface area contributed by atoms with E-state index in [0.717, 1.165) is 5.56 Å². The van der Waals surface area contributed by atoms with Crippen LogP contribution in [-0.2, 0) is 20.7 Å². The van der Waals surface area contributed by atoms with Crippen molar-refractivity contribution in [1.29, 1.82) is 5.26 Å². The predicted molar refractivity (Wildman–Crippen MR) is 88.0 cm³/mol. The number of carbonyl (C=O) groups is 2. The average Bonchev–Trinajstić information content (AvgIpc) is 3.06. The lowest BCUT2D eigenvalue weighted by Gasteiger charge is -2.13. The Labute approximate surface area is 138 Å². The molecule has 0 bridgehead atoms. The topological polar surface area (TPSA) is 79.2 Å². The largest absolute Gasteiger partial charge is 0.453 e. The second kappa shape index (κ2) is 8.11. The summed E-state index contributed by atoms with van der Waals surface area (Å²) in [6, 6.07) is 10.5. The van der Waals surface area contributed by atoms with E-state index < -0.39 is 18.0 Å². The molecule has 0 saturated carbocycles. The van der Waals surface area contributed by atoms with Crippen molar-refractivity contribution in [3.05, 3.63) is 52.2 Å². The number of aryl methyl sites for hydroxylation is 1. The van der Waals surface area contributed by atoms with Gasteiger partial charge in [0.05, 0.1) is 11.6 Å². The number of thiophene rings is 1. The van der Waals surface area contributed by atoms with E-state index in [2.05, 4.69) is 5.32 Å². The Morgan fingerprint density at radius 3 is 2.91 bits per heavy atom. The predicted octanol–water partition coefficient (Wildman–Crippen LogP) is 3.12. The van der Waals surface area contributed by atoms with Crippen molar-refractivity contribution < 1.29 is 14.3 Å². The van der Waals surface area contributed by atoms with Gasteiger partial charge in [-0.1, -0.05) is 6.07 Å². The lowest BCUT2D eigenvalue weighted by Crippen LogP contribution is -2.30. The fourth-order valence-corrected chi connectivity index (χ4v) is 2.60. The summed E-state index contributed by atoms with van der Waals surface area (Å²) in [5.41, 5.74) is 2.02. The van der Waals surface area contributed by atoms with Crippen molar-refractivity contribution in [2.75, 3.05) is 5.32 Å². The first-order valence-corrected chi connectivity index (χ1v) is 8.04. The van der Waals surface area contributed by atoms with Gasteiger partial charge in [-0.15, -0.1) is 0 Å². The molecule has 6 heteroatoms. The zero-order chi connectivity index (χ0) is 16.7. The van der Waals surface area contributed by atoms with Crippen LogP contribution in [0.4, 0.5) is 5.69 Å². The Balaban J connectivity index is 1.82. The van der Waals surface area contributed by atoms with Crippen LogP contribution in [0.2, 0.25) is 0 Å². The zero-order valence-electron chi connectivity index (χ0n) is 12.6. The van der Waals surface area contributed by atoms with Gasteiger partial charge in [0, 0.05) is 12.1 Å². The maximum absolute atomic E-state index is 12.0. The van der Waals surface area contributed by atoms with Gasteiger partial charge in [0.25, 0.3) is 5.91 Å². The normalized spacial score (nSPS) is 11.3. The number of anilines is 1. The first-order chi connectivity index (χ1) is 11.1. The minimum Gasteiger partial charge on any atom is -0.453 e. The van der Waals surface area contributed by atoms with Gasteiger partial charge >= 0.3 is 5.97 Å². The van der Waals surface area contributed by atoms with Gasteiger partial charge in [-0.05, 0) is 53.9 Å². The third-order valence-electron chi connectivity index (χ3n) is 3.13. The van der Waals surface area contributed by atoms with Crippen LogP contribution in [0.1, 0.15) is 24.5 Å². The first kappa shape index (κ1) is 16.7. The number of rotatable bonds is 6. The Morgan fingerprint density at radius 2 is 2.22 bits per heavy atom. The van der Waals surface area contributed by atoms with Crippen LogP contribution in [0.3, 0.4) is 0 Å². The van der Waals surface area contributed by atoms with Crippen LogP contribution in [0.15, 0.2) is 41.1 Å². The molecule has 0 fully saturated rings. The molecule has 0 aliphatic carbocycles. The van der Waals surface area contributed by atoms with Crippen LogP contribution in [0.5, 0.6) is 0 Å². The average molecular weight is 328 g/mol. The maximum atomic E-state index is 12.0. The summed E-state index contributed by atoms with van der Waals surface area (Å²) in [7, 11) is 0. The van der Waals surface area contributed by atoms with Gasteiger partial charge in [0.2, 0.25) is 0 Å². The molecular formula is C17H16N2O3S. The minimum absolute atomic E-state index is 0.234. The number of hydrogen-bond acceptors (Lipinski definition) is 5. The molecule has 1 N–H and O–H groups in total. The van der Waals surface area contributed by atoms with E-state index in [4.69, 9.17) is 10.00 Å². The number of esters is 1. The number of ether oxygens (including phenoxy) is 1. The smallest absolute Gasteiger partial charge is 0.306 e. The maximum Gasteiger partial charge on any atom is 0.306 e. The third-order valence-corrected chi connectivity index (χ3v) is 3.87. The fraction of sp³-hybridized carbons (Fsp3) is 0.235. The van der Waals surface area contributed by atoms with E-state index in [1.165, 1.54) is 6.92 Å². The van der Waals surface area contributed by atoms with E-state index in [1.807, 2.05) is 22.9 Å². The van der Waals surface area contributed by atoms with E-state index >= 15 is 0 Å². The minimum atomic E-state index is -0.893. The second-order valence-electron chi connectivity index (χ2n) is 4.95. The molecule has 2 aromatic rings. The van der Waals surface area contributed by atoms with Gasteiger partial charge in [0.15, 0.2) is 6.10 Å². The molecule has 2 rings (SSSR count). The lowest BCUT2D eigenvalue weighted by molar-refractivity contribution is -0.153. The molecule has 1 heterocycles. The molecule has 0 unspecified atom stereocenters. The van der Waals surface area contributed by atoms with Gasteiger partial charge in [0.1, 0.15) is 0 Å². The van der Waals surface area contributed by atoms with E-state index in [0.29, 0.717) is 17.7 Å². The molecule has 0 radical (unpaired) electrons. The Hall–Kier alpha value is -2.65. The van der Waals surface area contributed by atoms with E-state index in [9.17, 15) is 9.59 Å². The quantitative estimate of drug-likeness (QED) is 0.826. The van der Waals surface area contributed by atoms with Crippen molar-refractivity contribution in [1.82, 2.24) is 0 Å². The molecule has 118 valence electrons. The van der Waals surface area contributed by atoms with Crippen molar-refractivity contribution in [3.63, 3.8) is 0 Å². The van der Waals surface area contributed by atoms with Gasteiger partial charge in [-0.3, -0.25) is 9.59 Å². The Bertz CT molecular complexity index is 720. The first-order valence-electron chi connectivity index (χ1n) is 7.10. The lowest BCUT2D eigenvalue weighted by atomic mass is 10.2. The summed E-state index contributed by atoms with van der Waals surface area (Å²) in [5.74, 6) is -0.839. The van der Waals surface area contributed by atoms with Crippen molar-refractivity contribution in [2.24, 2.45) is 0 Å². The SMILES string of the molecule is C[C@@H](OC(=O)CCc1ccsc1)C(=O)Nc1cccc(C#N)c1. The Morgan fingerprint density at radius 1 is 1.39 bits per heavy atom. The van der Waals surface area contributed by atoms with Gasteiger partial charge < -0.3 is 10.1 Å². The molecule has 0 aliphatic heterocycles. The van der Waals surface area contributed by atoms with Crippen molar-refractivity contribution in [2.45, 2.75) is 25.9 Å². The molecule has 1 aromatic carbocycles. The van der Waals surface area contributed by atoms with Crippen LogP contribution in [0.25, 0.3) is 0 Å². The van der Waals surface area contributed by atoms with Crippen LogP contribution >= 0.6 is 11.3 Å². The third kappa shape index (κ3) is 5.24. The van der Waals surface area contributed by atoms with Crippen LogP contribution < -0.4 is 5.32 Å². The zero-order valence-corrected chi connectivity index (χ0v) is 13.4. The van der Waals surface area contributed by atoms with E-state index in [1.54, 1.807) is 35.6 Å². The summed E-state index contributed by atoms with van der Waals surface area (Å²) >= 11 is 1.58. The number of hydrogen-bond donors (Lipinski definition) is 1. The van der Waals surface area contributed by atoms with Crippen molar-refractivity contribution in [3.8, 4) is 6.07 Å². The summed E-state index contributed by atoms with van der Waals surface area (Å²) < 4.78 is 5.13. The molecule has 23 heavy (non-hydrogen) atoms. The van der Waals surface area contributed by atoms with Crippen LogP contribution in [-0.4, -0.2) is 18.0 Å². The molecule has 1 atom stereocenters. The molecule has 0 aliphatic rings. The highest BCUT2D eigenvalue weighted by Crippen LogP contribution is 2.12. The highest BCUT2D eigenvalue weighted by molar-refractivity contribution is 7.07. The number of benzene rings is 1. The molecule has 0 spiro atoms. The van der Waals surface area contributed by atoms with Crippen LogP contribution in [0, 0.1) is 11.3 Å².